The average Bonchev–Trinajstić information content (AvgIpc) is 2.96. The lowest BCUT2D eigenvalue weighted by molar-refractivity contribution is 0.371. The van der Waals surface area contributed by atoms with Crippen molar-refractivity contribution >= 4 is 17.7 Å². The third-order valence-corrected chi connectivity index (χ3v) is 3.70. The summed E-state index contributed by atoms with van der Waals surface area (Å²) in [6.07, 6.45) is 5.18. The first-order chi connectivity index (χ1) is 10.7. The van der Waals surface area contributed by atoms with Crippen LogP contribution in [0.1, 0.15) is 51.2 Å². The first-order valence-electron chi connectivity index (χ1n) is 8.01. The van der Waals surface area contributed by atoms with Crippen molar-refractivity contribution in [2.24, 2.45) is 4.99 Å². The Kier molecular flexibility index (Phi) is 9.70. The maximum atomic E-state index is 5.23. The van der Waals surface area contributed by atoms with Crippen LogP contribution in [-0.2, 0) is 6.42 Å². The van der Waals surface area contributed by atoms with Gasteiger partial charge >= 0.3 is 0 Å². The molecule has 0 unspecified atom stereocenters. The number of hydrogen-bond donors (Lipinski definition) is 2. The molecule has 1 aromatic heterocycles. The van der Waals surface area contributed by atoms with Gasteiger partial charge in [0.05, 0.1) is 0 Å². The summed E-state index contributed by atoms with van der Waals surface area (Å²) in [4.78, 5) is 8.94. The molecular formula is C15H29N5OS. The predicted molar refractivity (Wildman–Crippen MR) is 93.7 cm³/mol. The SMILES string of the molecule is CCNC(=NCCCCSC)NCCc1nc(C(C)C)no1. The monoisotopic (exact) mass is 327 g/mol. The molecular weight excluding hydrogens is 298 g/mol. The number of hydrogen-bond acceptors (Lipinski definition) is 5. The highest BCUT2D eigenvalue weighted by Gasteiger charge is 2.09. The summed E-state index contributed by atoms with van der Waals surface area (Å²) < 4.78 is 5.23. The van der Waals surface area contributed by atoms with E-state index in [0.29, 0.717) is 18.2 Å². The van der Waals surface area contributed by atoms with Crippen molar-refractivity contribution in [1.82, 2.24) is 20.8 Å². The molecule has 0 aliphatic carbocycles. The quantitative estimate of drug-likeness (QED) is 0.390. The zero-order chi connectivity index (χ0) is 16.2. The predicted octanol–water partition coefficient (Wildman–Crippen LogP) is 2.43. The van der Waals surface area contributed by atoms with Crippen molar-refractivity contribution in [2.45, 2.75) is 46.0 Å². The van der Waals surface area contributed by atoms with Crippen LogP contribution in [0.2, 0.25) is 0 Å². The van der Waals surface area contributed by atoms with Crippen LogP contribution in [0.5, 0.6) is 0 Å². The van der Waals surface area contributed by atoms with Crippen LogP contribution >= 0.6 is 11.8 Å². The van der Waals surface area contributed by atoms with Crippen molar-refractivity contribution in [2.75, 3.05) is 31.6 Å². The van der Waals surface area contributed by atoms with E-state index < -0.39 is 0 Å². The molecule has 6 nitrogen and oxygen atoms in total. The fourth-order valence-electron chi connectivity index (χ4n) is 1.78. The van der Waals surface area contributed by atoms with Crippen molar-refractivity contribution in [3.8, 4) is 0 Å². The highest BCUT2D eigenvalue weighted by molar-refractivity contribution is 7.98. The van der Waals surface area contributed by atoms with Gasteiger partial charge in [-0.1, -0.05) is 19.0 Å². The molecule has 7 heteroatoms. The van der Waals surface area contributed by atoms with Gasteiger partial charge in [-0.2, -0.15) is 16.7 Å². The van der Waals surface area contributed by atoms with Gasteiger partial charge in [0.1, 0.15) is 0 Å². The number of nitrogens with zero attached hydrogens (tertiary/aromatic N) is 3. The highest BCUT2D eigenvalue weighted by atomic mass is 32.2. The van der Waals surface area contributed by atoms with E-state index >= 15 is 0 Å². The molecule has 0 radical (unpaired) electrons. The lowest BCUT2D eigenvalue weighted by Gasteiger charge is -2.10. The minimum atomic E-state index is 0.297. The molecule has 0 aliphatic rings. The van der Waals surface area contributed by atoms with Gasteiger partial charge in [0.25, 0.3) is 0 Å². The summed E-state index contributed by atoms with van der Waals surface area (Å²) in [6.45, 7) is 8.62. The molecule has 0 atom stereocenters. The zero-order valence-electron chi connectivity index (χ0n) is 14.2. The van der Waals surface area contributed by atoms with Gasteiger partial charge in [-0.15, -0.1) is 0 Å². The largest absolute Gasteiger partial charge is 0.357 e. The normalized spacial score (nSPS) is 12.0. The number of rotatable bonds is 10. The minimum Gasteiger partial charge on any atom is -0.357 e. The van der Waals surface area contributed by atoms with E-state index in [1.165, 1.54) is 12.2 Å². The first-order valence-corrected chi connectivity index (χ1v) is 9.40. The summed E-state index contributed by atoms with van der Waals surface area (Å²) in [5.41, 5.74) is 0. The second-order valence-corrected chi connectivity index (χ2v) is 6.32. The van der Waals surface area contributed by atoms with Gasteiger partial charge in [0.15, 0.2) is 11.8 Å². The number of unbranched alkanes of at least 4 members (excludes halogenated alkanes) is 1. The van der Waals surface area contributed by atoms with E-state index in [4.69, 9.17) is 4.52 Å². The maximum Gasteiger partial charge on any atom is 0.228 e. The third kappa shape index (κ3) is 7.68. The van der Waals surface area contributed by atoms with E-state index in [9.17, 15) is 0 Å². The van der Waals surface area contributed by atoms with Crippen LogP contribution in [0.3, 0.4) is 0 Å². The maximum absolute atomic E-state index is 5.23. The Morgan fingerprint density at radius 3 is 2.77 bits per heavy atom. The van der Waals surface area contributed by atoms with Crippen LogP contribution in [0, 0.1) is 0 Å². The molecule has 2 N–H and O–H groups in total. The Bertz CT molecular complexity index is 433. The van der Waals surface area contributed by atoms with Gasteiger partial charge in [-0.25, -0.2) is 0 Å². The third-order valence-electron chi connectivity index (χ3n) is 3.00. The number of guanidine groups is 1. The van der Waals surface area contributed by atoms with Crippen LogP contribution in [-0.4, -0.2) is 47.7 Å². The zero-order valence-corrected chi connectivity index (χ0v) is 15.0. The molecule has 0 spiro atoms. The Morgan fingerprint density at radius 2 is 2.14 bits per heavy atom. The van der Waals surface area contributed by atoms with E-state index in [1.54, 1.807) is 0 Å². The summed E-state index contributed by atoms with van der Waals surface area (Å²) in [6, 6.07) is 0. The molecule has 0 saturated carbocycles. The first kappa shape index (κ1) is 18.8. The van der Waals surface area contributed by atoms with Crippen LogP contribution in [0.25, 0.3) is 0 Å². The molecule has 0 bridgehead atoms. The summed E-state index contributed by atoms with van der Waals surface area (Å²) in [7, 11) is 0. The summed E-state index contributed by atoms with van der Waals surface area (Å²) in [5, 5.41) is 10.5. The lowest BCUT2D eigenvalue weighted by Crippen LogP contribution is -2.38. The second kappa shape index (κ2) is 11.3. The molecule has 0 amide bonds. The van der Waals surface area contributed by atoms with Crippen molar-refractivity contribution < 1.29 is 4.52 Å². The summed E-state index contributed by atoms with van der Waals surface area (Å²) in [5.74, 6) is 3.80. The van der Waals surface area contributed by atoms with Gasteiger partial charge < -0.3 is 15.2 Å². The summed E-state index contributed by atoms with van der Waals surface area (Å²) >= 11 is 1.88. The topological polar surface area (TPSA) is 75.3 Å². The fraction of sp³-hybridized carbons (Fsp3) is 0.800. The van der Waals surface area contributed by atoms with Crippen molar-refractivity contribution in [1.29, 1.82) is 0 Å². The number of aliphatic imine (C=N–C) groups is 1. The second-order valence-electron chi connectivity index (χ2n) is 5.34. The van der Waals surface area contributed by atoms with Crippen LogP contribution in [0.4, 0.5) is 0 Å². The number of nitrogens with one attached hydrogen (secondary N) is 2. The van der Waals surface area contributed by atoms with E-state index in [1.807, 2.05) is 11.8 Å². The number of thioether (sulfide) groups is 1. The highest BCUT2D eigenvalue weighted by Crippen LogP contribution is 2.09. The smallest absolute Gasteiger partial charge is 0.228 e. The molecule has 1 rings (SSSR count). The van der Waals surface area contributed by atoms with Gasteiger partial charge in [0, 0.05) is 32.0 Å². The molecule has 1 aromatic rings. The molecule has 0 aromatic carbocycles. The van der Waals surface area contributed by atoms with Gasteiger partial charge in [0.2, 0.25) is 5.89 Å². The van der Waals surface area contributed by atoms with E-state index in [0.717, 1.165) is 37.8 Å². The average molecular weight is 327 g/mol. The standard InChI is InChI=1S/C15H29N5OS/c1-5-16-15(17-9-6-7-11-22-4)18-10-8-13-19-14(12(2)3)20-21-13/h12H,5-11H2,1-4H3,(H2,16,17,18). The van der Waals surface area contributed by atoms with E-state index in [-0.39, 0.29) is 0 Å². The molecule has 0 aliphatic heterocycles. The fourth-order valence-corrected chi connectivity index (χ4v) is 2.28. The van der Waals surface area contributed by atoms with Crippen LogP contribution in [0.15, 0.2) is 9.52 Å². The van der Waals surface area contributed by atoms with Gasteiger partial charge in [-0.3, -0.25) is 4.99 Å². The van der Waals surface area contributed by atoms with Crippen molar-refractivity contribution in [3.05, 3.63) is 11.7 Å². The Labute approximate surface area is 137 Å². The minimum absolute atomic E-state index is 0.297. The van der Waals surface area contributed by atoms with Crippen LogP contribution < -0.4 is 10.6 Å². The van der Waals surface area contributed by atoms with Crippen molar-refractivity contribution in [3.63, 3.8) is 0 Å². The van der Waals surface area contributed by atoms with E-state index in [2.05, 4.69) is 52.8 Å². The Hall–Kier alpha value is -1.24. The Balaban J connectivity index is 2.31. The van der Waals surface area contributed by atoms with Gasteiger partial charge in [-0.05, 0) is 31.8 Å². The molecule has 0 fully saturated rings. The molecule has 126 valence electrons. The lowest BCUT2D eigenvalue weighted by atomic mass is 10.2. The Morgan fingerprint density at radius 1 is 1.32 bits per heavy atom. The molecule has 0 saturated heterocycles. The molecule has 1 heterocycles. The number of aromatic nitrogens is 2. The molecule has 22 heavy (non-hydrogen) atoms.